The van der Waals surface area contributed by atoms with E-state index < -0.39 is 0 Å². The van der Waals surface area contributed by atoms with Crippen molar-refractivity contribution in [2.75, 3.05) is 6.61 Å². The van der Waals surface area contributed by atoms with Crippen LogP contribution in [0.15, 0.2) is 36.7 Å². The molecule has 15 heavy (non-hydrogen) atoms. The average molecular weight is 223 g/mol. The molecule has 78 valence electrons. The molecule has 1 heterocycles. The van der Waals surface area contributed by atoms with Gasteiger partial charge >= 0.3 is 0 Å². The molecule has 0 fully saturated rings. The van der Waals surface area contributed by atoms with Gasteiger partial charge in [-0.2, -0.15) is 5.10 Å². The first-order chi connectivity index (χ1) is 7.29. The summed E-state index contributed by atoms with van der Waals surface area (Å²) in [5, 5.41) is 13.7. The summed E-state index contributed by atoms with van der Waals surface area (Å²) >= 11 is 5.88. The molecule has 0 aliphatic rings. The number of aromatic nitrogens is 2. The Hall–Kier alpha value is -1.32. The molecule has 0 saturated carbocycles. The van der Waals surface area contributed by atoms with Gasteiger partial charge in [-0.1, -0.05) is 17.7 Å². The Bertz CT molecular complexity index is 453. The maximum absolute atomic E-state index is 8.79. The predicted octanol–water partition coefficient (Wildman–Crippen LogP) is 2.06. The smallest absolute Gasteiger partial charge is 0.0660 e. The second-order valence-corrected chi connectivity index (χ2v) is 3.68. The van der Waals surface area contributed by atoms with E-state index in [1.54, 1.807) is 10.9 Å². The highest BCUT2D eigenvalue weighted by Crippen LogP contribution is 2.14. The zero-order valence-corrected chi connectivity index (χ0v) is 8.85. The highest BCUT2D eigenvalue weighted by molar-refractivity contribution is 6.30. The summed E-state index contributed by atoms with van der Waals surface area (Å²) in [5.41, 5.74) is 1.93. The van der Waals surface area contributed by atoms with Crippen LogP contribution in [0.1, 0.15) is 5.56 Å². The molecule has 0 radical (unpaired) electrons. The fourth-order valence-electron chi connectivity index (χ4n) is 1.38. The molecule has 0 saturated heterocycles. The van der Waals surface area contributed by atoms with Crippen molar-refractivity contribution in [3.05, 3.63) is 47.2 Å². The molecule has 2 aromatic rings. The maximum atomic E-state index is 8.79. The lowest BCUT2D eigenvalue weighted by atomic mass is 10.3. The van der Waals surface area contributed by atoms with Crippen LogP contribution >= 0.6 is 11.6 Å². The zero-order valence-electron chi connectivity index (χ0n) is 8.10. The number of aliphatic hydroxyl groups excluding tert-OH is 1. The molecule has 0 spiro atoms. The minimum atomic E-state index is 0.140. The molecule has 1 N–H and O–H groups in total. The molecular weight excluding hydrogens is 212 g/mol. The summed E-state index contributed by atoms with van der Waals surface area (Å²) in [5.74, 6) is 0. The van der Waals surface area contributed by atoms with Gasteiger partial charge in [-0.25, -0.2) is 4.68 Å². The Balaban J connectivity index is 2.29. The van der Waals surface area contributed by atoms with Gasteiger partial charge in [-0.3, -0.25) is 0 Å². The Labute approximate surface area is 92.9 Å². The van der Waals surface area contributed by atoms with Crippen LogP contribution in [0.5, 0.6) is 0 Å². The summed E-state index contributed by atoms with van der Waals surface area (Å²) in [6.45, 7) is 0.140. The third kappa shape index (κ3) is 2.37. The largest absolute Gasteiger partial charge is 0.396 e. The molecule has 1 aromatic heterocycles. The third-order valence-corrected chi connectivity index (χ3v) is 2.34. The van der Waals surface area contributed by atoms with E-state index in [1.807, 2.05) is 30.5 Å². The van der Waals surface area contributed by atoms with E-state index >= 15 is 0 Å². The first-order valence-corrected chi connectivity index (χ1v) is 5.08. The van der Waals surface area contributed by atoms with E-state index in [4.69, 9.17) is 16.7 Å². The molecule has 0 amide bonds. The standard InChI is InChI=1S/C11H11ClN2O/c12-10-2-1-3-11(6-10)14-8-9(4-5-15)7-13-14/h1-3,6-8,15H,4-5H2. The van der Waals surface area contributed by atoms with Gasteiger partial charge in [0, 0.05) is 17.8 Å². The molecule has 0 bridgehead atoms. The molecule has 0 unspecified atom stereocenters. The van der Waals surface area contributed by atoms with Crippen molar-refractivity contribution in [2.24, 2.45) is 0 Å². The van der Waals surface area contributed by atoms with Gasteiger partial charge in [-0.15, -0.1) is 0 Å². The number of hydrogen-bond acceptors (Lipinski definition) is 2. The molecular formula is C11H11ClN2O. The Kier molecular flexibility index (Phi) is 3.04. The topological polar surface area (TPSA) is 38.1 Å². The van der Waals surface area contributed by atoms with Gasteiger partial charge < -0.3 is 5.11 Å². The lowest BCUT2D eigenvalue weighted by Crippen LogP contribution is -1.93. The lowest BCUT2D eigenvalue weighted by molar-refractivity contribution is 0.299. The summed E-state index contributed by atoms with van der Waals surface area (Å²) in [4.78, 5) is 0. The van der Waals surface area contributed by atoms with Gasteiger partial charge in [0.1, 0.15) is 0 Å². The van der Waals surface area contributed by atoms with Crippen LogP contribution in [0.4, 0.5) is 0 Å². The fraction of sp³-hybridized carbons (Fsp3) is 0.182. The second-order valence-electron chi connectivity index (χ2n) is 3.25. The van der Waals surface area contributed by atoms with Crippen LogP contribution in [0.2, 0.25) is 5.02 Å². The van der Waals surface area contributed by atoms with Gasteiger partial charge in [0.05, 0.1) is 11.9 Å². The van der Waals surface area contributed by atoms with E-state index in [9.17, 15) is 0 Å². The summed E-state index contributed by atoms with van der Waals surface area (Å²) in [6.07, 6.45) is 4.26. The number of rotatable bonds is 3. The summed E-state index contributed by atoms with van der Waals surface area (Å²) in [7, 11) is 0. The van der Waals surface area contributed by atoms with Gasteiger partial charge in [0.2, 0.25) is 0 Å². The van der Waals surface area contributed by atoms with E-state index in [-0.39, 0.29) is 6.61 Å². The van der Waals surface area contributed by atoms with Gasteiger partial charge in [0.25, 0.3) is 0 Å². The SMILES string of the molecule is OCCc1cnn(-c2cccc(Cl)c2)c1. The molecule has 0 atom stereocenters. The highest BCUT2D eigenvalue weighted by Gasteiger charge is 2.00. The number of nitrogens with zero attached hydrogens (tertiary/aromatic N) is 2. The number of halogens is 1. The van der Waals surface area contributed by atoms with Crippen molar-refractivity contribution in [3.63, 3.8) is 0 Å². The van der Waals surface area contributed by atoms with E-state index in [0.717, 1.165) is 11.3 Å². The van der Waals surface area contributed by atoms with Crippen molar-refractivity contribution >= 4 is 11.6 Å². The number of aliphatic hydroxyl groups is 1. The van der Waals surface area contributed by atoms with Crippen molar-refractivity contribution in [1.82, 2.24) is 9.78 Å². The molecule has 2 rings (SSSR count). The number of benzene rings is 1. The van der Waals surface area contributed by atoms with E-state index in [2.05, 4.69) is 5.10 Å². The van der Waals surface area contributed by atoms with Crippen molar-refractivity contribution in [3.8, 4) is 5.69 Å². The Morgan fingerprint density at radius 2 is 2.27 bits per heavy atom. The summed E-state index contributed by atoms with van der Waals surface area (Å²) < 4.78 is 1.75. The minimum absolute atomic E-state index is 0.140. The van der Waals surface area contributed by atoms with E-state index in [1.165, 1.54) is 0 Å². The molecule has 1 aromatic carbocycles. The second kappa shape index (κ2) is 4.47. The fourth-order valence-corrected chi connectivity index (χ4v) is 1.56. The molecule has 3 nitrogen and oxygen atoms in total. The normalized spacial score (nSPS) is 10.5. The zero-order chi connectivity index (χ0) is 10.7. The average Bonchev–Trinajstić information content (AvgIpc) is 2.67. The molecule has 0 aliphatic heterocycles. The first-order valence-electron chi connectivity index (χ1n) is 4.70. The first kappa shape index (κ1) is 10.2. The highest BCUT2D eigenvalue weighted by atomic mass is 35.5. The number of hydrogen-bond donors (Lipinski definition) is 1. The van der Waals surface area contributed by atoms with Gasteiger partial charge in [-0.05, 0) is 30.2 Å². The quantitative estimate of drug-likeness (QED) is 0.864. The van der Waals surface area contributed by atoms with Crippen LogP contribution in [0, 0.1) is 0 Å². The third-order valence-electron chi connectivity index (χ3n) is 2.11. The Morgan fingerprint density at radius 3 is 3.00 bits per heavy atom. The van der Waals surface area contributed by atoms with Crippen molar-refractivity contribution in [1.29, 1.82) is 0 Å². The van der Waals surface area contributed by atoms with Crippen molar-refractivity contribution < 1.29 is 5.11 Å². The van der Waals surface area contributed by atoms with Crippen LogP contribution in [-0.4, -0.2) is 21.5 Å². The van der Waals surface area contributed by atoms with Crippen LogP contribution in [0.25, 0.3) is 5.69 Å². The maximum Gasteiger partial charge on any atom is 0.0660 e. The van der Waals surface area contributed by atoms with Crippen LogP contribution < -0.4 is 0 Å². The molecule has 0 aliphatic carbocycles. The van der Waals surface area contributed by atoms with Crippen molar-refractivity contribution in [2.45, 2.75) is 6.42 Å². The van der Waals surface area contributed by atoms with Crippen LogP contribution in [-0.2, 0) is 6.42 Å². The van der Waals surface area contributed by atoms with Crippen LogP contribution in [0.3, 0.4) is 0 Å². The Morgan fingerprint density at radius 1 is 1.40 bits per heavy atom. The van der Waals surface area contributed by atoms with Gasteiger partial charge in [0.15, 0.2) is 0 Å². The predicted molar refractivity (Wildman–Crippen MR) is 59.4 cm³/mol. The lowest BCUT2D eigenvalue weighted by Gasteiger charge is -2.00. The summed E-state index contributed by atoms with van der Waals surface area (Å²) in [6, 6.07) is 7.48. The minimum Gasteiger partial charge on any atom is -0.396 e. The molecule has 4 heteroatoms. The van der Waals surface area contributed by atoms with E-state index in [0.29, 0.717) is 11.4 Å². The monoisotopic (exact) mass is 222 g/mol.